The summed E-state index contributed by atoms with van der Waals surface area (Å²) >= 11 is 3.42. The summed E-state index contributed by atoms with van der Waals surface area (Å²) in [5, 5.41) is 5.02. The highest BCUT2D eigenvalue weighted by atomic mass is 79.9. The highest BCUT2D eigenvalue weighted by Gasteiger charge is 2.22. The third-order valence-electron chi connectivity index (χ3n) is 4.33. The van der Waals surface area contributed by atoms with Gasteiger partial charge in [-0.2, -0.15) is 0 Å². The maximum atomic E-state index is 12.5. The molecular weight excluding hydrogens is 406 g/mol. The van der Waals surface area contributed by atoms with Gasteiger partial charge in [-0.3, -0.25) is 4.79 Å². The number of hydrogen-bond acceptors (Lipinski definition) is 3. The predicted octanol–water partition coefficient (Wildman–Crippen LogP) is 4.05. The Morgan fingerprint density at radius 1 is 0.963 bits per heavy atom. The second-order valence-electron chi connectivity index (χ2n) is 6.34. The molecule has 0 heterocycles. The van der Waals surface area contributed by atoms with E-state index >= 15 is 0 Å². The van der Waals surface area contributed by atoms with E-state index in [-0.39, 0.29) is 12.3 Å². The minimum absolute atomic E-state index is 0.205. The van der Waals surface area contributed by atoms with Crippen molar-refractivity contribution in [1.82, 2.24) is 5.32 Å². The number of nitrogens with one attached hydrogen (secondary N) is 1. The Morgan fingerprint density at radius 2 is 1.74 bits per heavy atom. The van der Waals surface area contributed by atoms with Crippen LogP contribution in [0.4, 0.5) is 0 Å². The number of halogens is 1. The summed E-state index contributed by atoms with van der Waals surface area (Å²) in [6.45, 7) is 0. The number of esters is 1. The first kappa shape index (κ1) is 19.1. The van der Waals surface area contributed by atoms with Gasteiger partial charge in [-0.25, -0.2) is 4.79 Å². The van der Waals surface area contributed by atoms with Gasteiger partial charge in [0.05, 0.1) is 13.5 Å². The van der Waals surface area contributed by atoms with Crippen LogP contribution in [0.5, 0.6) is 0 Å². The molecule has 5 heteroatoms. The number of benzene rings is 3. The lowest BCUT2D eigenvalue weighted by Crippen LogP contribution is -2.43. The normalized spacial score (nSPS) is 11.8. The Morgan fingerprint density at radius 3 is 2.48 bits per heavy atom. The van der Waals surface area contributed by atoms with Gasteiger partial charge in [0.1, 0.15) is 6.04 Å². The molecule has 27 heavy (non-hydrogen) atoms. The molecule has 3 aromatic rings. The average molecular weight is 426 g/mol. The van der Waals surface area contributed by atoms with Gasteiger partial charge in [-0.05, 0) is 34.0 Å². The Kier molecular flexibility index (Phi) is 6.24. The minimum atomic E-state index is -0.725. The number of rotatable bonds is 6. The molecule has 0 unspecified atom stereocenters. The van der Waals surface area contributed by atoms with Crippen molar-refractivity contribution in [3.05, 3.63) is 82.3 Å². The summed E-state index contributed by atoms with van der Waals surface area (Å²) in [5.41, 5.74) is 1.84. The van der Waals surface area contributed by atoms with Gasteiger partial charge in [0.2, 0.25) is 5.91 Å². The molecule has 0 radical (unpaired) electrons. The lowest BCUT2D eigenvalue weighted by atomic mass is 10.0. The number of carbonyl (C=O) groups is 2. The van der Waals surface area contributed by atoms with Gasteiger partial charge in [0, 0.05) is 10.9 Å². The third kappa shape index (κ3) is 5.17. The zero-order valence-electron chi connectivity index (χ0n) is 14.9. The molecule has 1 amide bonds. The van der Waals surface area contributed by atoms with E-state index in [2.05, 4.69) is 21.2 Å². The summed E-state index contributed by atoms with van der Waals surface area (Å²) in [5.74, 6) is -0.669. The van der Waals surface area contributed by atoms with E-state index in [0.717, 1.165) is 26.4 Å². The first-order chi connectivity index (χ1) is 13.0. The van der Waals surface area contributed by atoms with Crippen LogP contribution in [-0.2, 0) is 27.2 Å². The highest BCUT2D eigenvalue weighted by molar-refractivity contribution is 9.10. The molecule has 0 bridgehead atoms. The molecule has 4 nitrogen and oxygen atoms in total. The van der Waals surface area contributed by atoms with Crippen LogP contribution in [0.2, 0.25) is 0 Å². The maximum Gasteiger partial charge on any atom is 0.328 e. The largest absolute Gasteiger partial charge is 0.467 e. The van der Waals surface area contributed by atoms with Crippen molar-refractivity contribution < 1.29 is 14.3 Å². The standard InChI is InChI=1S/C22H20BrNO3/c1-27-22(26)20(13-15-5-4-8-19(23)12-15)24-21(25)14-16-9-10-17-6-2-3-7-18(17)11-16/h2-12,20H,13-14H2,1H3,(H,24,25)/t20-/m0/s1. The predicted molar refractivity (Wildman–Crippen MR) is 109 cm³/mol. The van der Waals surface area contributed by atoms with Crippen molar-refractivity contribution in [2.24, 2.45) is 0 Å². The quantitative estimate of drug-likeness (QED) is 0.606. The first-order valence-corrected chi connectivity index (χ1v) is 9.44. The maximum absolute atomic E-state index is 12.5. The molecule has 3 rings (SSSR count). The number of carbonyl (C=O) groups excluding carboxylic acids is 2. The topological polar surface area (TPSA) is 55.4 Å². The van der Waals surface area contributed by atoms with Crippen molar-refractivity contribution in [3.63, 3.8) is 0 Å². The molecule has 1 N–H and O–H groups in total. The zero-order chi connectivity index (χ0) is 19.2. The van der Waals surface area contributed by atoms with Gasteiger partial charge in [0.15, 0.2) is 0 Å². The van der Waals surface area contributed by atoms with Crippen LogP contribution in [0.3, 0.4) is 0 Å². The highest BCUT2D eigenvalue weighted by Crippen LogP contribution is 2.16. The molecule has 3 aromatic carbocycles. The summed E-state index contributed by atoms with van der Waals surface area (Å²) in [4.78, 5) is 24.6. The van der Waals surface area contributed by atoms with E-state index < -0.39 is 12.0 Å². The number of hydrogen-bond donors (Lipinski definition) is 1. The van der Waals surface area contributed by atoms with Crippen molar-refractivity contribution in [2.45, 2.75) is 18.9 Å². The van der Waals surface area contributed by atoms with Crippen LogP contribution < -0.4 is 5.32 Å². The molecule has 0 aliphatic carbocycles. The van der Waals surface area contributed by atoms with Crippen LogP contribution in [-0.4, -0.2) is 25.0 Å². The molecule has 0 aliphatic heterocycles. The van der Waals surface area contributed by atoms with E-state index in [1.165, 1.54) is 7.11 Å². The number of methoxy groups -OCH3 is 1. The lowest BCUT2D eigenvalue weighted by Gasteiger charge is -2.17. The molecular formula is C22H20BrNO3. The Balaban J connectivity index is 1.70. The van der Waals surface area contributed by atoms with Crippen LogP contribution in [0.25, 0.3) is 10.8 Å². The second-order valence-corrected chi connectivity index (χ2v) is 7.25. The van der Waals surface area contributed by atoms with Crippen LogP contribution in [0.1, 0.15) is 11.1 Å². The third-order valence-corrected chi connectivity index (χ3v) is 4.82. The molecule has 1 atom stereocenters. The van der Waals surface area contributed by atoms with Gasteiger partial charge in [0.25, 0.3) is 0 Å². The molecule has 0 aliphatic rings. The number of amides is 1. The van der Waals surface area contributed by atoms with Crippen molar-refractivity contribution >= 4 is 38.6 Å². The number of ether oxygens (including phenoxy) is 1. The average Bonchev–Trinajstić information content (AvgIpc) is 2.66. The molecule has 0 saturated carbocycles. The Bertz CT molecular complexity index is 970. The van der Waals surface area contributed by atoms with E-state index in [0.29, 0.717) is 6.42 Å². The van der Waals surface area contributed by atoms with Gasteiger partial charge in [-0.1, -0.05) is 70.5 Å². The lowest BCUT2D eigenvalue weighted by molar-refractivity contribution is -0.145. The fourth-order valence-electron chi connectivity index (χ4n) is 3.01. The second kappa shape index (κ2) is 8.82. The van der Waals surface area contributed by atoms with Gasteiger partial charge in [-0.15, -0.1) is 0 Å². The smallest absolute Gasteiger partial charge is 0.328 e. The van der Waals surface area contributed by atoms with E-state index in [1.54, 1.807) is 0 Å². The van der Waals surface area contributed by atoms with Crippen molar-refractivity contribution in [2.75, 3.05) is 7.11 Å². The Hall–Kier alpha value is -2.66. The van der Waals surface area contributed by atoms with Crippen LogP contribution in [0, 0.1) is 0 Å². The van der Waals surface area contributed by atoms with Crippen LogP contribution in [0.15, 0.2) is 71.2 Å². The summed E-state index contributed by atoms with van der Waals surface area (Å²) in [6, 6.07) is 20.8. The SMILES string of the molecule is COC(=O)[C@H](Cc1cccc(Br)c1)NC(=O)Cc1ccc2ccccc2c1. The molecule has 138 valence electrons. The molecule has 0 fully saturated rings. The van der Waals surface area contributed by atoms with E-state index in [1.807, 2.05) is 66.7 Å². The van der Waals surface area contributed by atoms with Gasteiger partial charge >= 0.3 is 5.97 Å². The van der Waals surface area contributed by atoms with Crippen LogP contribution >= 0.6 is 15.9 Å². The minimum Gasteiger partial charge on any atom is -0.467 e. The summed E-state index contributed by atoms with van der Waals surface area (Å²) in [6.07, 6.45) is 0.576. The summed E-state index contributed by atoms with van der Waals surface area (Å²) < 4.78 is 5.78. The van der Waals surface area contributed by atoms with Gasteiger partial charge < -0.3 is 10.1 Å². The monoisotopic (exact) mass is 425 g/mol. The molecule has 0 aromatic heterocycles. The fraction of sp³-hybridized carbons (Fsp3) is 0.182. The van der Waals surface area contributed by atoms with Crippen molar-refractivity contribution in [3.8, 4) is 0 Å². The van der Waals surface area contributed by atoms with E-state index in [4.69, 9.17) is 4.74 Å². The summed E-state index contributed by atoms with van der Waals surface area (Å²) in [7, 11) is 1.33. The van der Waals surface area contributed by atoms with E-state index in [9.17, 15) is 9.59 Å². The number of fused-ring (bicyclic) bond motifs is 1. The first-order valence-electron chi connectivity index (χ1n) is 8.64. The van der Waals surface area contributed by atoms with Crippen molar-refractivity contribution in [1.29, 1.82) is 0 Å². The molecule has 0 saturated heterocycles. The molecule has 0 spiro atoms. The zero-order valence-corrected chi connectivity index (χ0v) is 16.5. The fourth-order valence-corrected chi connectivity index (χ4v) is 3.46. The Labute approximate surface area is 166 Å².